The number of nitrogens with zero attached hydrogens (tertiary/aromatic N) is 1. The Morgan fingerprint density at radius 1 is 1.48 bits per heavy atom. The summed E-state index contributed by atoms with van der Waals surface area (Å²) >= 11 is 6.04. The number of nitrogens with one attached hydrogen (secondary N) is 2. The quantitative estimate of drug-likeness (QED) is 0.462. The Labute approximate surface area is 131 Å². The van der Waals surface area contributed by atoms with Crippen molar-refractivity contribution in [2.45, 2.75) is 31.7 Å². The Morgan fingerprint density at radius 2 is 2.33 bits per heavy atom. The highest BCUT2D eigenvalue weighted by molar-refractivity contribution is 6.30. The molecule has 1 aliphatic carbocycles. The molecule has 2 rings (SSSR count). The molecule has 4 nitrogen and oxygen atoms in total. The van der Waals surface area contributed by atoms with Crippen LogP contribution in [0.5, 0.6) is 0 Å². The van der Waals surface area contributed by atoms with Gasteiger partial charge in [0.2, 0.25) is 0 Å². The van der Waals surface area contributed by atoms with Gasteiger partial charge in [0.05, 0.1) is 0 Å². The minimum Gasteiger partial charge on any atom is -0.382 e. The van der Waals surface area contributed by atoms with E-state index >= 15 is 0 Å². The lowest BCUT2D eigenvalue weighted by atomic mass is 10.1. The van der Waals surface area contributed by atoms with Crippen LogP contribution in [-0.2, 0) is 4.74 Å². The molecule has 0 aromatic heterocycles. The van der Waals surface area contributed by atoms with Crippen LogP contribution in [0, 0.1) is 0 Å². The fraction of sp³-hybridized carbons (Fsp3) is 0.562. The van der Waals surface area contributed by atoms with E-state index in [1.807, 2.05) is 25.1 Å². The van der Waals surface area contributed by atoms with Gasteiger partial charge in [-0.25, -0.2) is 0 Å². The molecule has 0 amide bonds. The molecule has 1 aromatic rings. The second-order valence-electron chi connectivity index (χ2n) is 5.20. The minimum atomic E-state index is 0.446. The summed E-state index contributed by atoms with van der Waals surface area (Å²) in [4.78, 5) is 4.26. The lowest BCUT2D eigenvalue weighted by molar-refractivity contribution is 0.145. The molecule has 0 bridgehead atoms. The summed E-state index contributed by atoms with van der Waals surface area (Å²) in [6.07, 6.45) is 2.11. The third kappa shape index (κ3) is 5.21. The van der Waals surface area contributed by atoms with Crippen molar-refractivity contribution >= 4 is 17.6 Å². The first-order valence-corrected chi connectivity index (χ1v) is 7.92. The van der Waals surface area contributed by atoms with Crippen molar-refractivity contribution in [2.75, 3.05) is 26.8 Å². The van der Waals surface area contributed by atoms with Crippen LogP contribution in [0.15, 0.2) is 29.3 Å². The predicted octanol–water partition coefficient (Wildman–Crippen LogP) is 2.79. The molecule has 2 unspecified atom stereocenters. The summed E-state index contributed by atoms with van der Waals surface area (Å²) in [5.74, 6) is 1.40. The van der Waals surface area contributed by atoms with E-state index in [0.717, 1.165) is 43.6 Å². The Hall–Kier alpha value is -1.26. The number of rotatable bonds is 7. The van der Waals surface area contributed by atoms with Gasteiger partial charge in [-0.2, -0.15) is 0 Å². The molecule has 21 heavy (non-hydrogen) atoms. The standard InChI is InChI=1S/C16H24ClN3O/c1-3-21-9-5-8-19-16(18-2)20-15-11-14(15)12-6-4-7-13(17)10-12/h4,6-7,10,14-15H,3,5,8-9,11H2,1-2H3,(H2,18,19,20). The van der Waals surface area contributed by atoms with Crippen LogP contribution in [0.25, 0.3) is 0 Å². The Kier molecular flexibility index (Phi) is 6.33. The van der Waals surface area contributed by atoms with E-state index in [1.165, 1.54) is 5.56 Å². The summed E-state index contributed by atoms with van der Waals surface area (Å²) in [6, 6.07) is 8.55. The zero-order chi connectivity index (χ0) is 15.1. The molecule has 0 heterocycles. The van der Waals surface area contributed by atoms with Crippen LogP contribution < -0.4 is 10.6 Å². The van der Waals surface area contributed by atoms with Gasteiger partial charge in [-0.05, 0) is 37.5 Å². The van der Waals surface area contributed by atoms with Crippen molar-refractivity contribution in [3.63, 3.8) is 0 Å². The first-order valence-electron chi connectivity index (χ1n) is 7.55. The van der Waals surface area contributed by atoms with E-state index in [9.17, 15) is 0 Å². The molecule has 1 saturated carbocycles. The molecule has 0 aliphatic heterocycles. The normalized spacial score (nSPS) is 21.2. The van der Waals surface area contributed by atoms with Gasteiger partial charge in [-0.15, -0.1) is 0 Å². The number of halogens is 1. The lowest BCUT2D eigenvalue weighted by Gasteiger charge is -2.12. The molecule has 1 fully saturated rings. The lowest BCUT2D eigenvalue weighted by Crippen LogP contribution is -2.39. The number of hydrogen-bond acceptors (Lipinski definition) is 2. The second kappa shape index (κ2) is 8.25. The average Bonchev–Trinajstić information content (AvgIpc) is 3.25. The molecule has 2 atom stereocenters. The third-order valence-electron chi connectivity index (χ3n) is 3.58. The van der Waals surface area contributed by atoms with E-state index in [-0.39, 0.29) is 0 Å². The summed E-state index contributed by atoms with van der Waals surface area (Å²) in [7, 11) is 1.80. The smallest absolute Gasteiger partial charge is 0.191 e. The van der Waals surface area contributed by atoms with Crippen molar-refractivity contribution in [1.82, 2.24) is 10.6 Å². The topological polar surface area (TPSA) is 45.6 Å². The van der Waals surface area contributed by atoms with Crippen LogP contribution in [0.4, 0.5) is 0 Å². The summed E-state index contributed by atoms with van der Waals surface area (Å²) in [5.41, 5.74) is 1.30. The van der Waals surface area contributed by atoms with Crippen LogP contribution in [0.2, 0.25) is 5.02 Å². The average molecular weight is 310 g/mol. The van der Waals surface area contributed by atoms with Gasteiger partial charge < -0.3 is 15.4 Å². The van der Waals surface area contributed by atoms with Crippen molar-refractivity contribution in [1.29, 1.82) is 0 Å². The summed E-state index contributed by atoms with van der Waals surface area (Å²) in [5, 5.41) is 7.57. The molecule has 0 saturated heterocycles. The Balaban J connectivity index is 1.72. The van der Waals surface area contributed by atoms with E-state index < -0.39 is 0 Å². The first kappa shape index (κ1) is 16.1. The van der Waals surface area contributed by atoms with Gasteiger partial charge >= 0.3 is 0 Å². The van der Waals surface area contributed by atoms with Crippen molar-refractivity contribution < 1.29 is 4.74 Å². The highest BCUT2D eigenvalue weighted by atomic mass is 35.5. The number of hydrogen-bond donors (Lipinski definition) is 2. The van der Waals surface area contributed by atoms with Gasteiger partial charge in [0.15, 0.2) is 5.96 Å². The molecule has 0 spiro atoms. The number of guanidine groups is 1. The van der Waals surface area contributed by atoms with E-state index in [2.05, 4.69) is 21.7 Å². The molecule has 116 valence electrons. The highest BCUT2D eigenvalue weighted by Gasteiger charge is 2.39. The molecule has 1 aromatic carbocycles. The molecule has 5 heteroatoms. The van der Waals surface area contributed by atoms with Gasteiger partial charge in [-0.3, -0.25) is 4.99 Å². The summed E-state index contributed by atoms with van der Waals surface area (Å²) < 4.78 is 5.32. The molecular formula is C16H24ClN3O. The number of benzene rings is 1. The molecule has 0 radical (unpaired) electrons. The highest BCUT2D eigenvalue weighted by Crippen LogP contribution is 2.41. The molecule has 2 N–H and O–H groups in total. The van der Waals surface area contributed by atoms with E-state index in [1.54, 1.807) is 7.05 Å². The third-order valence-corrected chi connectivity index (χ3v) is 3.81. The van der Waals surface area contributed by atoms with Gasteiger partial charge in [0.1, 0.15) is 0 Å². The Morgan fingerprint density at radius 3 is 3.05 bits per heavy atom. The van der Waals surface area contributed by atoms with E-state index in [0.29, 0.717) is 12.0 Å². The maximum absolute atomic E-state index is 6.04. The predicted molar refractivity (Wildman–Crippen MR) is 88.2 cm³/mol. The summed E-state index contributed by atoms with van der Waals surface area (Å²) in [6.45, 7) is 4.44. The fourth-order valence-electron chi connectivity index (χ4n) is 2.36. The fourth-order valence-corrected chi connectivity index (χ4v) is 2.55. The van der Waals surface area contributed by atoms with E-state index in [4.69, 9.17) is 16.3 Å². The molecular weight excluding hydrogens is 286 g/mol. The number of ether oxygens (including phenoxy) is 1. The van der Waals surface area contributed by atoms with Crippen molar-refractivity contribution in [3.05, 3.63) is 34.9 Å². The molecule has 1 aliphatic rings. The van der Waals surface area contributed by atoms with Crippen molar-refractivity contribution in [3.8, 4) is 0 Å². The maximum atomic E-state index is 6.04. The minimum absolute atomic E-state index is 0.446. The van der Waals surface area contributed by atoms with Crippen LogP contribution in [-0.4, -0.2) is 38.8 Å². The number of aliphatic imine (C=N–C) groups is 1. The SMILES string of the molecule is CCOCCCNC(=NC)NC1CC1c1cccc(Cl)c1. The van der Waals surface area contributed by atoms with Crippen LogP contribution in [0.1, 0.15) is 31.2 Å². The Bertz CT molecular complexity index is 478. The van der Waals surface area contributed by atoms with Crippen molar-refractivity contribution in [2.24, 2.45) is 4.99 Å². The van der Waals surface area contributed by atoms with Gasteiger partial charge in [0.25, 0.3) is 0 Å². The zero-order valence-corrected chi connectivity index (χ0v) is 13.5. The van der Waals surface area contributed by atoms with Crippen LogP contribution in [0.3, 0.4) is 0 Å². The largest absolute Gasteiger partial charge is 0.382 e. The van der Waals surface area contributed by atoms with Crippen LogP contribution >= 0.6 is 11.6 Å². The second-order valence-corrected chi connectivity index (χ2v) is 5.63. The van der Waals surface area contributed by atoms with Gasteiger partial charge in [-0.1, -0.05) is 23.7 Å². The first-order chi connectivity index (χ1) is 10.2. The maximum Gasteiger partial charge on any atom is 0.191 e. The monoisotopic (exact) mass is 309 g/mol. The van der Waals surface area contributed by atoms with Gasteiger partial charge in [0, 0.05) is 43.8 Å². The zero-order valence-electron chi connectivity index (χ0n) is 12.7.